The van der Waals surface area contributed by atoms with Gasteiger partial charge in [0.15, 0.2) is 0 Å². The van der Waals surface area contributed by atoms with Crippen LogP contribution in [0.4, 0.5) is 0 Å². The van der Waals surface area contributed by atoms with E-state index in [1.165, 1.54) is 4.31 Å². The Morgan fingerprint density at radius 1 is 1.32 bits per heavy atom. The SMILES string of the molecule is CCC(CN(CC)S(=O)(=O)Cc1ccncc1)NC. The zero-order valence-corrected chi connectivity index (χ0v) is 12.7. The van der Waals surface area contributed by atoms with Crippen LogP contribution in [0.3, 0.4) is 0 Å². The van der Waals surface area contributed by atoms with Gasteiger partial charge in [-0.2, -0.15) is 0 Å². The van der Waals surface area contributed by atoms with Crippen molar-refractivity contribution in [3.8, 4) is 0 Å². The predicted octanol–water partition coefficient (Wildman–Crippen LogP) is 1.23. The molecule has 5 nitrogen and oxygen atoms in total. The summed E-state index contributed by atoms with van der Waals surface area (Å²) in [6, 6.07) is 3.66. The molecule has 1 aromatic rings. The molecule has 0 aliphatic heterocycles. The van der Waals surface area contributed by atoms with E-state index in [0.717, 1.165) is 12.0 Å². The molecule has 1 atom stereocenters. The molecule has 108 valence electrons. The lowest BCUT2D eigenvalue weighted by Gasteiger charge is -2.25. The molecule has 0 spiro atoms. The van der Waals surface area contributed by atoms with Crippen LogP contribution in [-0.4, -0.2) is 43.9 Å². The highest BCUT2D eigenvalue weighted by Gasteiger charge is 2.23. The summed E-state index contributed by atoms with van der Waals surface area (Å²) in [5, 5.41) is 3.14. The van der Waals surface area contributed by atoms with Crippen LogP contribution in [0.1, 0.15) is 25.8 Å². The van der Waals surface area contributed by atoms with E-state index in [-0.39, 0.29) is 11.8 Å². The molecular weight excluding hydrogens is 262 g/mol. The minimum absolute atomic E-state index is 0.0313. The molecule has 0 saturated heterocycles. The highest BCUT2D eigenvalue weighted by Crippen LogP contribution is 2.11. The molecular formula is C13H23N3O2S. The molecule has 1 unspecified atom stereocenters. The van der Waals surface area contributed by atoms with Gasteiger partial charge in [0.2, 0.25) is 10.0 Å². The summed E-state index contributed by atoms with van der Waals surface area (Å²) >= 11 is 0. The smallest absolute Gasteiger partial charge is 0.218 e. The third-order valence-corrected chi connectivity index (χ3v) is 5.06. The first-order chi connectivity index (χ1) is 9.03. The fraction of sp³-hybridized carbons (Fsp3) is 0.615. The second-order valence-electron chi connectivity index (χ2n) is 4.46. The summed E-state index contributed by atoms with van der Waals surface area (Å²) in [6.45, 7) is 4.92. The number of sulfonamides is 1. The second kappa shape index (κ2) is 7.57. The first-order valence-corrected chi connectivity index (χ1v) is 8.18. The van der Waals surface area contributed by atoms with Gasteiger partial charge in [0.25, 0.3) is 0 Å². The zero-order valence-electron chi connectivity index (χ0n) is 11.8. The van der Waals surface area contributed by atoms with E-state index < -0.39 is 10.0 Å². The lowest BCUT2D eigenvalue weighted by Crippen LogP contribution is -2.42. The normalized spacial score (nSPS) is 13.7. The monoisotopic (exact) mass is 285 g/mol. The third kappa shape index (κ3) is 4.89. The van der Waals surface area contributed by atoms with Gasteiger partial charge in [-0.1, -0.05) is 13.8 Å². The molecule has 0 fully saturated rings. The van der Waals surface area contributed by atoms with Gasteiger partial charge in [-0.25, -0.2) is 12.7 Å². The summed E-state index contributed by atoms with van der Waals surface area (Å²) in [7, 11) is -1.42. The number of likely N-dealkylation sites (N-methyl/N-ethyl adjacent to an activating group) is 2. The first kappa shape index (κ1) is 16.1. The highest BCUT2D eigenvalue weighted by molar-refractivity contribution is 7.88. The number of hydrogen-bond acceptors (Lipinski definition) is 4. The summed E-state index contributed by atoms with van der Waals surface area (Å²) < 4.78 is 26.3. The Labute approximate surface area is 116 Å². The number of rotatable bonds is 8. The van der Waals surface area contributed by atoms with Crippen LogP contribution in [0.2, 0.25) is 0 Å². The Bertz CT molecular complexity index is 458. The Balaban J connectivity index is 2.78. The summed E-state index contributed by atoms with van der Waals surface area (Å²) in [4.78, 5) is 3.90. The molecule has 19 heavy (non-hydrogen) atoms. The standard InChI is InChI=1S/C13H23N3O2S/c1-4-13(14-3)10-16(5-2)19(17,18)11-12-6-8-15-9-7-12/h6-9,13-14H,4-5,10-11H2,1-3H3. The molecule has 1 rings (SSSR count). The second-order valence-corrected chi connectivity index (χ2v) is 6.43. The topological polar surface area (TPSA) is 62.3 Å². The van der Waals surface area contributed by atoms with E-state index in [1.54, 1.807) is 24.5 Å². The Morgan fingerprint density at radius 2 is 1.95 bits per heavy atom. The maximum atomic E-state index is 12.4. The average molecular weight is 285 g/mol. The predicted molar refractivity (Wildman–Crippen MR) is 77.2 cm³/mol. The fourth-order valence-corrected chi connectivity index (χ4v) is 3.49. The molecule has 6 heteroatoms. The molecule has 1 N–H and O–H groups in total. The van der Waals surface area contributed by atoms with Gasteiger partial charge in [-0.15, -0.1) is 0 Å². The largest absolute Gasteiger partial charge is 0.316 e. The van der Waals surface area contributed by atoms with Gasteiger partial charge in [0, 0.05) is 31.5 Å². The minimum atomic E-state index is -3.28. The summed E-state index contributed by atoms with van der Waals surface area (Å²) in [6.07, 6.45) is 4.13. The lowest BCUT2D eigenvalue weighted by atomic mass is 10.2. The van der Waals surface area contributed by atoms with Gasteiger partial charge in [-0.3, -0.25) is 4.98 Å². The quantitative estimate of drug-likeness (QED) is 0.780. The van der Waals surface area contributed by atoms with E-state index in [2.05, 4.69) is 10.3 Å². The lowest BCUT2D eigenvalue weighted by molar-refractivity contribution is 0.368. The van der Waals surface area contributed by atoms with Crippen molar-refractivity contribution in [2.24, 2.45) is 0 Å². The third-order valence-electron chi connectivity index (χ3n) is 3.17. The average Bonchev–Trinajstić information content (AvgIpc) is 2.40. The van der Waals surface area contributed by atoms with Crippen LogP contribution in [0.15, 0.2) is 24.5 Å². The van der Waals surface area contributed by atoms with Crippen molar-refractivity contribution in [3.63, 3.8) is 0 Å². The van der Waals surface area contributed by atoms with Crippen molar-refractivity contribution in [1.29, 1.82) is 0 Å². The van der Waals surface area contributed by atoms with Crippen LogP contribution in [0, 0.1) is 0 Å². The Kier molecular flexibility index (Phi) is 6.41. The molecule has 0 radical (unpaired) electrons. The van der Waals surface area contributed by atoms with Crippen LogP contribution in [0.25, 0.3) is 0 Å². The van der Waals surface area contributed by atoms with Crippen LogP contribution < -0.4 is 5.32 Å². The number of pyridine rings is 1. The van der Waals surface area contributed by atoms with Crippen molar-refractivity contribution in [2.75, 3.05) is 20.1 Å². The minimum Gasteiger partial charge on any atom is -0.316 e. The first-order valence-electron chi connectivity index (χ1n) is 6.57. The molecule has 1 aromatic heterocycles. The van der Waals surface area contributed by atoms with Crippen LogP contribution >= 0.6 is 0 Å². The van der Waals surface area contributed by atoms with Crippen molar-refractivity contribution in [1.82, 2.24) is 14.6 Å². The molecule has 0 bridgehead atoms. The van der Waals surface area contributed by atoms with Crippen molar-refractivity contribution in [2.45, 2.75) is 32.1 Å². The zero-order chi connectivity index (χ0) is 14.3. The molecule has 0 saturated carbocycles. The highest BCUT2D eigenvalue weighted by atomic mass is 32.2. The van der Waals surface area contributed by atoms with Crippen LogP contribution in [-0.2, 0) is 15.8 Å². The van der Waals surface area contributed by atoms with Gasteiger partial charge in [0.1, 0.15) is 0 Å². The molecule has 0 aliphatic carbocycles. The van der Waals surface area contributed by atoms with Crippen molar-refractivity contribution >= 4 is 10.0 Å². The van der Waals surface area contributed by atoms with E-state index in [1.807, 2.05) is 20.9 Å². The van der Waals surface area contributed by atoms with Gasteiger partial charge < -0.3 is 5.32 Å². The maximum absolute atomic E-state index is 12.4. The Hall–Kier alpha value is -0.980. The van der Waals surface area contributed by atoms with E-state index in [9.17, 15) is 8.42 Å². The summed E-state index contributed by atoms with van der Waals surface area (Å²) in [5.74, 6) is 0.0313. The van der Waals surface area contributed by atoms with E-state index >= 15 is 0 Å². The van der Waals surface area contributed by atoms with E-state index in [4.69, 9.17) is 0 Å². The maximum Gasteiger partial charge on any atom is 0.218 e. The van der Waals surface area contributed by atoms with Crippen molar-refractivity contribution < 1.29 is 8.42 Å². The van der Waals surface area contributed by atoms with Gasteiger partial charge >= 0.3 is 0 Å². The molecule has 0 aromatic carbocycles. The van der Waals surface area contributed by atoms with E-state index in [0.29, 0.717) is 13.1 Å². The molecule has 1 heterocycles. The molecule has 0 aliphatic rings. The van der Waals surface area contributed by atoms with Crippen LogP contribution in [0.5, 0.6) is 0 Å². The summed E-state index contributed by atoms with van der Waals surface area (Å²) in [5.41, 5.74) is 0.769. The fourth-order valence-electron chi connectivity index (χ4n) is 1.89. The Morgan fingerprint density at radius 3 is 2.42 bits per heavy atom. The number of nitrogens with one attached hydrogen (secondary N) is 1. The number of hydrogen-bond donors (Lipinski definition) is 1. The molecule has 0 amide bonds. The van der Waals surface area contributed by atoms with Crippen molar-refractivity contribution in [3.05, 3.63) is 30.1 Å². The van der Waals surface area contributed by atoms with Gasteiger partial charge in [-0.05, 0) is 31.2 Å². The number of nitrogens with zero attached hydrogens (tertiary/aromatic N) is 2. The number of aromatic nitrogens is 1. The van der Waals surface area contributed by atoms with Gasteiger partial charge in [0.05, 0.1) is 5.75 Å².